The van der Waals surface area contributed by atoms with Crippen LogP contribution in [0.4, 0.5) is 11.6 Å². The number of sulfonamides is 1. The van der Waals surface area contributed by atoms with E-state index in [1.54, 1.807) is 0 Å². The first-order valence-corrected chi connectivity index (χ1v) is 6.95. The van der Waals surface area contributed by atoms with Crippen molar-refractivity contribution in [1.29, 1.82) is 0 Å². The van der Waals surface area contributed by atoms with E-state index in [4.69, 9.17) is 10.9 Å². The van der Waals surface area contributed by atoms with E-state index in [2.05, 4.69) is 9.97 Å². The Labute approximate surface area is 104 Å². The number of aromatic nitrogens is 2. The maximum atomic E-state index is 11.8. The zero-order chi connectivity index (χ0) is 13.3. The largest absolute Gasteiger partial charge is 0.381 e. The molecule has 0 bridgehead atoms. The number of nitrogens with two attached hydrogens (primary N) is 2. The maximum Gasteiger partial charge on any atom is 0.228 e. The lowest BCUT2D eigenvalue weighted by Crippen LogP contribution is -2.28. The number of hydrogen-bond donors (Lipinski definition) is 2. The summed E-state index contributed by atoms with van der Waals surface area (Å²) in [4.78, 5) is 21.0. The van der Waals surface area contributed by atoms with Gasteiger partial charge in [-0.15, -0.1) is 0 Å². The zero-order valence-electron chi connectivity index (χ0n) is 9.48. The van der Waals surface area contributed by atoms with Crippen LogP contribution < -0.4 is 15.8 Å². The molecule has 0 spiro atoms. The molecule has 1 saturated heterocycles. The summed E-state index contributed by atoms with van der Waals surface area (Å²) in [5, 5.41) is 4.96. The van der Waals surface area contributed by atoms with Gasteiger partial charge in [0.05, 0.1) is 5.75 Å². The van der Waals surface area contributed by atoms with E-state index in [-0.39, 0.29) is 42.2 Å². The van der Waals surface area contributed by atoms with Crippen LogP contribution in [-0.2, 0) is 14.8 Å². The Morgan fingerprint density at radius 1 is 1.39 bits per heavy atom. The second-order valence-electron chi connectivity index (χ2n) is 4.17. The van der Waals surface area contributed by atoms with Gasteiger partial charge in [-0.3, -0.25) is 9.69 Å². The summed E-state index contributed by atoms with van der Waals surface area (Å²) in [5.41, 5.74) is 5.62. The molecular formula is C9H13N5O3S. The van der Waals surface area contributed by atoms with Crippen molar-refractivity contribution in [3.63, 3.8) is 0 Å². The average molecular weight is 271 g/mol. The zero-order valence-corrected chi connectivity index (χ0v) is 10.3. The summed E-state index contributed by atoms with van der Waals surface area (Å²) in [7, 11) is -3.59. The normalized spacial score (nSPS) is 20.4. The van der Waals surface area contributed by atoms with E-state index < -0.39 is 10.0 Å². The third-order valence-electron chi connectivity index (χ3n) is 2.64. The highest BCUT2D eigenvalue weighted by molar-refractivity contribution is 7.89. The highest BCUT2D eigenvalue weighted by Gasteiger charge is 2.34. The predicted octanol–water partition coefficient (Wildman–Crippen LogP) is -1.30. The number of hydrogen-bond acceptors (Lipinski definition) is 6. The number of amides is 1. The molecule has 18 heavy (non-hydrogen) atoms. The van der Waals surface area contributed by atoms with E-state index in [0.29, 0.717) is 0 Å². The molecule has 4 N–H and O–H groups in total. The average Bonchev–Trinajstić information content (AvgIpc) is 2.57. The molecule has 1 amide bonds. The second kappa shape index (κ2) is 4.50. The fourth-order valence-electron chi connectivity index (χ4n) is 1.98. The van der Waals surface area contributed by atoms with Crippen LogP contribution in [0.1, 0.15) is 6.42 Å². The SMILES string of the molecule is Nc1nccnc1N1CC(CS(N)(=O)=O)CC1=O. The smallest absolute Gasteiger partial charge is 0.228 e. The molecule has 1 aliphatic heterocycles. The van der Waals surface area contributed by atoms with Gasteiger partial charge in [0.1, 0.15) is 0 Å². The summed E-state index contributed by atoms with van der Waals surface area (Å²) in [5.74, 6) is -0.388. The number of carbonyl (C=O) groups excluding carboxylic acids is 1. The van der Waals surface area contributed by atoms with Gasteiger partial charge in [0.25, 0.3) is 0 Å². The molecule has 1 fully saturated rings. The molecule has 1 aliphatic rings. The molecule has 9 heteroatoms. The first-order chi connectivity index (χ1) is 8.37. The molecule has 0 saturated carbocycles. The summed E-state index contributed by atoms with van der Waals surface area (Å²) < 4.78 is 22.0. The summed E-state index contributed by atoms with van der Waals surface area (Å²) in [6, 6.07) is 0. The van der Waals surface area contributed by atoms with Crippen LogP contribution in [0.15, 0.2) is 12.4 Å². The Morgan fingerprint density at radius 2 is 2.06 bits per heavy atom. The molecule has 0 aromatic carbocycles. The van der Waals surface area contributed by atoms with Gasteiger partial charge in [0.15, 0.2) is 11.6 Å². The Kier molecular flexibility index (Phi) is 3.18. The van der Waals surface area contributed by atoms with Gasteiger partial charge in [-0.05, 0) is 0 Å². The topological polar surface area (TPSA) is 132 Å². The maximum absolute atomic E-state index is 11.8. The second-order valence-corrected chi connectivity index (χ2v) is 5.83. The minimum absolute atomic E-state index is 0.118. The minimum atomic E-state index is -3.59. The van der Waals surface area contributed by atoms with Gasteiger partial charge < -0.3 is 5.73 Å². The van der Waals surface area contributed by atoms with E-state index in [9.17, 15) is 13.2 Å². The number of anilines is 2. The Hall–Kier alpha value is -1.74. The van der Waals surface area contributed by atoms with Crippen LogP contribution in [0.2, 0.25) is 0 Å². The van der Waals surface area contributed by atoms with E-state index in [1.807, 2.05) is 0 Å². The molecule has 1 unspecified atom stereocenters. The number of rotatable bonds is 3. The van der Waals surface area contributed by atoms with Gasteiger partial charge in [0.2, 0.25) is 15.9 Å². The lowest BCUT2D eigenvalue weighted by Gasteiger charge is -2.16. The van der Waals surface area contributed by atoms with Crippen molar-refractivity contribution in [3.8, 4) is 0 Å². The summed E-state index contributed by atoms with van der Waals surface area (Å²) in [6.07, 6.45) is 2.96. The predicted molar refractivity (Wildman–Crippen MR) is 64.9 cm³/mol. The lowest BCUT2D eigenvalue weighted by atomic mass is 10.1. The van der Waals surface area contributed by atoms with Gasteiger partial charge >= 0.3 is 0 Å². The molecule has 98 valence electrons. The van der Waals surface area contributed by atoms with Crippen molar-refractivity contribution in [1.82, 2.24) is 9.97 Å². The van der Waals surface area contributed by atoms with Crippen LogP contribution in [0, 0.1) is 5.92 Å². The third-order valence-corrected chi connectivity index (χ3v) is 3.57. The fraction of sp³-hybridized carbons (Fsp3) is 0.444. The van der Waals surface area contributed by atoms with E-state index >= 15 is 0 Å². The monoisotopic (exact) mass is 271 g/mol. The van der Waals surface area contributed by atoms with Crippen molar-refractivity contribution in [2.75, 3.05) is 22.9 Å². The van der Waals surface area contributed by atoms with E-state index in [1.165, 1.54) is 17.3 Å². The van der Waals surface area contributed by atoms with Crippen LogP contribution >= 0.6 is 0 Å². The van der Waals surface area contributed by atoms with Crippen molar-refractivity contribution >= 4 is 27.6 Å². The molecule has 0 aliphatic carbocycles. The molecule has 2 rings (SSSR count). The first kappa shape index (κ1) is 12.7. The van der Waals surface area contributed by atoms with Crippen LogP contribution in [-0.4, -0.2) is 36.6 Å². The number of nitrogen functional groups attached to an aromatic ring is 1. The van der Waals surface area contributed by atoms with Crippen molar-refractivity contribution < 1.29 is 13.2 Å². The first-order valence-electron chi connectivity index (χ1n) is 5.24. The Morgan fingerprint density at radius 3 is 2.67 bits per heavy atom. The number of carbonyl (C=O) groups is 1. The lowest BCUT2D eigenvalue weighted by molar-refractivity contribution is -0.117. The number of primary sulfonamides is 1. The van der Waals surface area contributed by atoms with Gasteiger partial charge in [0, 0.05) is 31.3 Å². The molecule has 2 heterocycles. The Bertz CT molecular complexity index is 573. The standard InChI is InChI=1S/C9H13N5O3S/c10-8-9(13-2-1-12-8)14-4-6(3-7(14)15)5-18(11,16)17/h1-2,6H,3-5H2,(H2,10,12)(H2,11,16,17). The quantitative estimate of drug-likeness (QED) is 0.702. The van der Waals surface area contributed by atoms with Crippen molar-refractivity contribution in [2.24, 2.45) is 11.1 Å². The third kappa shape index (κ3) is 2.74. The van der Waals surface area contributed by atoms with E-state index in [0.717, 1.165) is 0 Å². The molecule has 0 radical (unpaired) electrons. The fourth-order valence-corrected chi connectivity index (χ4v) is 2.86. The molecule has 1 aromatic heterocycles. The minimum Gasteiger partial charge on any atom is -0.381 e. The van der Waals surface area contributed by atoms with Crippen molar-refractivity contribution in [3.05, 3.63) is 12.4 Å². The summed E-state index contributed by atoms with van der Waals surface area (Å²) >= 11 is 0. The van der Waals surface area contributed by atoms with Gasteiger partial charge in [-0.2, -0.15) is 0 Å². The highest BCUT2D eigenvalue weighted by Crippen LogP contribution is 2.26. The van der Waals surface area contributed by atoms with Crippen LogP contribution in [0.5, 0.6) is 0 Å². The molecule has 1 atom stereocenters. The Balaban J connectivity index is 2.18. The molecule has 8 nitrogen and oxygen atoms in total. The van der Waals surface area contributed by atoms with Gasteiger partial charge in [-0.1, -0.05) is 0 Å². The molecule has 1 aromatic rings. The highest BCUT2D eigenvalue weighted by atomic mass is 32.2. The number of nitrogens with zero attached hydrogens (tertiary/aromatic N) is 3. The van der Waals surface area contributed by atoms with Gasteiger partial charge in [-0.25, -0.2) is 23.5 Å². The molecular weight excluding hydrogens is 258 g/mol. The van der Waals surface area contributed by atoms with Crippen molar-refractivity contribution in [2.45, 2.75) is 6.42 Å². The van der Waals surface area contributed by atoms with Crippen LogP contribution in [0.25, 0.3) is 0 Å². The summed E-state index contributed by atoms with van der Waals surface area (Å²) in [6.45, 7) is 0.234. The van der Waals surface area contributed by atoms with Crippen LogP contribution in [0.3, 0.4) is 0 Å².